The molecule has 0 N–H and O–H groups in total. The summed E-state index contributed by atoms with van der Waals surface area (Å²) >= 11 is 1.16. The summed E-state index contributed by atoms with van der Waals surface area (Å²) < 4.78 is 4.25. The Morgan fingerprint density at radius 3 is 1.52 bits per heavy atom. The first-order valence-electron chi connectivity index (χ1n) is 10.2. The minimum atomic E-state index is 0. The van der Waals surface area contributed by atoms with Gasteiger partial charge in [0.05, 0.1) is 0 Å². The predicted molar refractivity (Wildman–Crippen MR) is 111 cm³/mol. The second kappa shape index (κ2) is 14.6. The molecule has 0 aromatic heterocycles. The van der Waals surface area contributed by atoms with E-state index in [1.54, 1.807) is 0 Å². The summed E-state index contributed by atoms with van der Waals surface area (Å²) in [7, 11) is 0. The molecular weight excluding hydrogens is 471 g/mol. The van der Waals surface area contributed by atoms with Gasteiger partial charge in [0.15, 0.2) is 0 Å². The van der Waals surface area contributed by atoms with E-state index < -0.39 is 0 Å². The molecule has 0 spiro atoms. The van der Waals surface area contributed by atoms with Crippen molar-refractivity contribution in [2.75, 3.05) is 0 Å². The maximum absolute atomic E-state index is 4.25. The second-order valence-corrected chi connectivity index (χ2v) is 9.40. The van der Waals surface area contributed by atoms with Gasteiger partial charge >= 0.3 is 57.0 Å². The van der Waals surface area contributed by atoms with Crippen molar-refractivity contribution >= 4 is 0 Å². The molecule has 2 aliphatic carbocycles. The quantitative estimate of drug-likeness (QED) is 0.330. The zero-order valence-corrected chi connectivity index (χ0v) is 21.9. The zero-order valence-electron chi connectivity index (χ0n) is 18.7. The van der Waals surface area contributed by atoms with Gasteiger partial charge in [-0.2, -0.15) is 24.7 Å². The van der Waals surface area contributed by atoms with Crippen LogP contribution in [0.4, 0.5) is 0 Å². The van der Waals surface area contributed by atoms with Crippen LogP contribution < -0.4 is 0 Å². The van der Waals surface area contributed by atoms with E-state index in [0.29, 0.717) is 0 Å². The number of hydrogen-bond acceptors (Lipinski definition) is 1. The Kier molecular flexibility index (Phi) is 16.2. The average molecular weight is 518 g/mol. The fourth-order valence-corrected chi connectivity index (χ4v) is 3.74. The van der Waals surface area contributed by atoms with Crippen molar-refractivity contribution in [1.29, 1.82) is 0 Å². The van der Waals surface area contributed by atoms with E-state index in [4.69, 9.17) is 0 Å². The Labute approximate surface area is 173 Å². The zero-order chi connectivity index (χ0) is 18.8. The molecule has 4 atom stereocenters. The number of rotatable bonds is 2. The molecule has 2 aliphatic rings. The van der Waals surface area contributed by atoms with E-state index in [1.165, 1.54) is 32.1 Å². The van der Waals surface area contributed by atoms with Gasteiger partial charge in [0.1, 0.15) is 0 Å². The Bertz CT molecular complexity index is 297. The van der Waals surface area contributed by atoms with Gasteiger partial charge in [-0.25, -0.2) is 0 Å². The molecule has 2 rings (SSSR count). The molecule has 0 aliphatic heterocycles. The third kappa shape index (κ3) is 11.8. The van der Waals surface area contributed by atoms with Crippen molar-refractivity contribution in [3.63, 3.8) is 0 Å². The molecule has 0 amide bonds. The van der Waals surface area contributed by atoms with Crippen LogP contribution in [0.1, 0.15) is 93.9 Å². The molecule has 0 radical (unpaired) electrons. The molecule has 1 nitrogen and oxygen atoms in total. The van der Waals surface area contributed by atoms with Crippen LogP contribution in [0.15, 0.2) is 3.34 Å². The Balaban J connectivity index is 0. The summed E-state index contributed by atoms with van der Waals surface area (Å²) in [6, 6.07) is 0. The number of hydrogen-bond donors (Lipinski definition) is 0. The fourth-order valence-electron chi connectivity index (χ4n) is 3.23. The van der Waals surface area contributed by atoms with Crippen LogP contribution in [-0.2, 0) is 20.9 Å². The second-order valence-electron chi connectivity index (χ2n) is 8.68. The van der Waals surface area contributed by atoms with Gasteiger partial charge in [0.25, 0.3) is 0 Å². The first-order chi connectivity index (χ1) is 11.2. The normalized spacial score (nSPS) is 32.0. The summed E-state index contributed by atoms with van der Waals surface area (Å²) in [6.45, 7) is 18.3. The van der Waals surface area contributed by atoms with Gasteiger partial charge in [-0.1, -0.05) is 65.7 Å². The fraction of sp³-hybridized carbons (Fsp3) is 0.870. The van der Waals surface area contributed by atoms with Gasteiger partial charge in [0.2, 0.25) is 0 Å². The van der Waals surface area contributed by atoms with E-state index >= 15 is 0 Å². The van der Waals surface area contributed by atoms with E-state index in [2.05, 4.69) is 71.6 Å². The van der Waals surface area contributed by atoms with Crippen molar-refractivity contribution in [2.24, 2.45) is 32.9 Å². The van der Waals surface area contributed by atoms with Gasteiger partial charge in [0, 0.05) is 0 Å². The van der Waals surface area contributed by atoms with Gasteiger partial charge in [-0.3, -0.25) is 0 Å². The van der Waals surface area contributed by atoms with E-state index in [1.807, 2.05) is 0 Å². The molecule has 4 unspecified atom stereocenters. The number of nitrogens with zero attached hydrogens (tertiary/aromatic N) is 1. The largest absolute Gasteiger partial charge is 0.358 e. The minimum Gasteiger partial charge on any atom is -0.358 e. The Hall–Kier alpha value is 0.540. The van der Waals surface area contributed by atoms with Crippen LogP contribution >= 0.6 is 0 Å². The van der Waals surface area contributed by atoms with E-state index in [0.717, 1.165) is 56.9 Å². The molecule has 25 heavy (non-hydrogen) atoms. The summed E-state index contributed by atoms with van der Waals surface area (Å²) in [5.41, 5.74) is 0.258. The standard InChI is InChI=1S/C11H21.C6H11.C5H11N.CH3.Ta/c1-7-6-8(2)10(4)11(5)9(7)3;1-2-4-6-5-3-1;1-4-5(2,3)6;;/h6-11H,1-5H3;1H,2-6H2;4H2,1-3H3;1H3;/q2*-1;;-1;. The Morgan fingerprint density at radius 1 is 0.880 bits per heavy atom. The van der Waals surface area contributed by atoms with Crippen molar-refractivity contribution < 1.29 is 20.9 Å². The maximum Gasteiger partial charge on any atom is -0.0582 e. The third-order valence-corrected chi connectivity index (χ3v) is 8.32. The van der Waals surface area contributed by atoms with Crippen molar-refractivity contribution in [3.05, 3.63) is 20.3 Å². The summed E-state index contributed by atoms with van der Waals surface area (Å²) in [4.78, 5) is 0. The van der Waals surface area contributed by atoms with Crippen LogP contribution in [-0.4, -0.2) is 5.54 Å². The van der Waals surface area contributed by atoms with Crippen LogP contribution in [0.25, 0.3) is 0 Å². The van der Waals surface area contributed by atoms with Gasteiger partial charge < -0.3 is 20.3 Å². The summed E-state index contributed by atoms with van der Waals surface area (Å²) in [6.07, 6.45) is 13.2. The van der Waals surface area contributed by atoms with E-state index in [9.17, 15) is 0 Å². The van der Waals surface area contributed by atoms with Crippen LogP contribution in [0.5, 0.6) is 0 Å². The molecule has 2 saturated carbocycles. The SMILES string of the molecule is CC1[CH-]C(C)C(C)C(C)C1C.CCC(C)(C)[N]=[Ta].[CH-]1CCCCC1.[CH3-]. The summed E-state index contributed by atoms with van der Waals surface area (Å²) in [5.74, 6) is 4.28. The Morgan fingerprint density at radius 2 is 1.32 bits per heavy atom. The minimum absolute atomic E-state index is 0. The van der Waals surface area contributed by atoms with Crippen molar-refractivity contribution in [3.8, 4) is 0 Å². The first kappa shape index (κ1) is 27.8. The third-order valence-electron chi connectivity index (χ3n) is 6.38. The monoisotopic (exact) mass is 517 g/mol. The molecular formula is C23H46NTa-3. The van der Waals surface area contributed by atoms with Crippen LogP contribution in [0, 0.1) is 49.9 Å². The molecule has 0 aromatic carbocycles. The summed E-state index contributed by atoms with van der Waals surface area (Å²) in [5, 5.41) is 0. The maximum atomic E-state index is 4.25. The van der Waals surface area contributed by atoms with Crippen molar-refractivity contribution in [1.82, 2.24) is 0 Å². The predicted octanol–water partition coefficient (Wildman–Crippen LogP) is 7.90. The molecule has 2 heteroatoms. The topological polar surface area (TPSA) is 12.4 Å². The first-order valence-corrected chi connectivity index (χ1v) is 11.6. The molecule has 0 bridgehead atoms. The molecule has 2 fully saturated rings. The molecule has 0 heterocycles. The van der Waals surface area contributed by atoms with Crippen LogP contribution in [0.3, 0.4) is 0 Å². The van der Waals surface area contributed by atoms with Gasteiger partial charge in [-0.05, 0) is 5.92 Å². The molecule has 151 valence electrons. The molecule has 0 saturated heterocycles. The van der Waals surface area contributed by atoms with E-state index in [-0.39, 0.29) is 13.0 Å². The van der Waals surface area contributed by atoms with Gasteiger partial charge in [-0.15, -0.1) is 0 Å². The van der Waals surface area contributed by atoms with Crippen LogP contribution in [0.2, 0.25) is 0 Å². The smallest absolute Gasteiger partial charge is 0.0582 e. The average Bonchev–Trinajstić information content (AvgIpc) is 2.61. The molecule has 0 aromatic rings. The van der Waals surface area contributed by atoms with Crippen molar-refractivity contribution in [2.45, 2.75) is 99.5 Å².